The number of anilines is 1. The van der Waals surface area contributed by atoms with Crippen LogP contribution in [0.2, 0.25) is 5.02 Å². The Morgan fingerprint density at radius 1 is 1.44 bits per heavy atom. The Morgan fingerprint density at radius 3 is 2.78 bits per heavy atom. The van der Waals surface area contributed by atoms with Gasteiger partial charge in [-0.1, -0.05) is 17.7 Å². The number of thiazole rings is 1. The molecule has 1 fully saturated rings. The number of carbonyl (C=O) groups is 3. The van der Waals surface area contributed by atoms with Crippen molar-refractivity contribution in [2.45, 2.75) is 25.9 Å². The molecule has 1 aromatic heterocycles. The molecule has 0 spiro atoms. The van der Waals surface area contributed by atoms with Crippen LogP contribution in [-0.2, 0) is 21.7 Å². The Kier molecular flexibility index (Phi) is 4.92. The summed E-state index contributed by atoms with van der Waals surface area (Å²) < 4.78 is 13.3. The number of amides is 4. The van der Waals surface area contributed by atoms with Gasteiger partial charge in [-0.15, -0.1) is 11.3 Å². The Bertz CT molecular complexity index is 950. The number of hydrogen-bond donors (Lipinski definition) is 1. The van der Waals surface area contributed by atoms with E-state index in [9.17, 15) is 18.8 Å². The summed E-state index contributed by atoms with van der Waals surface area (Å²) in [6.45, 7) is 2.88. The molecule has 1 aliphatic heterocycles. The first-order chi connectivity index (χ1) is 12.6. The normalized spacial score (nSPS) is 19.4. The number of benzene rings is 1. The van der Waals surface area contributed by atoms with Crippen molar-refractivity contribution in [2.75, 3.05) is 11.9 Å². The number of nitrogens with one attached hydrogen (secondary N) is 1. The lowest BCUT2D eigenvalue weighted by molar-refractivity contribution is -0.131. The lowest BCUT2D eigenvalue weighted by Gasteiger charge is -2.23. The van der Waals surface area contributed by atoms with Crippen LogP contribution in [0.3, 0.4) is 0 Å². The minimum atomic E-state index is -1.41. The second kappa shape index (κ2) is 6.90. The fourth-order valence-electron chi connectivity index (χ4n) is 2.74. The van der Waals surface area contributed by atoms with Gasteiger partial charge in [-0.05, 0) is 19.1 Å². The second-order valence-corrected chi connectivity index (χ2v) is 7.51. The number of carbonyl (C=O) groups excluding carboxylic acids is 3. The van der Waals surface area contributed by atoms with Gasteiger partial charge in [0.05, 0.1) is 12.2 Å². The van der Waals surface area contributed by atoms with Crippen LogP contribution in [0.1, 0.15) is 25.1 Å². The van der Waals surface area contributed by atoms with Crippen molar-refractivity contribution < 1.29 is 18.8 Å². The zero-order valence-electron chi connectivity index (χ0n) is 14.7. The van der Waals surface area contributed by atoms with E-state index in [-0.39, 0.29) is 17.5 Å². The van der Waals surface area contributed by atoms with Gasteiger partial charge >= 0.3 is 6.03 Å². The summed E-state index contributed by atoms with van der Waals surface area (Å²) in [6.07, 6.45) is 0. The summed E-state index contributed by atoms with van der Waals surface area (Å²) in [5, 5.41) is 4.81. The summed E-state index contributed by atoms with van der Waals surface area (Å²) in [5.74, 6) is -1.23. The first-order valence-electron chi connectivity index (χ1n) is 7.92. The minimum Gasteiger partial charge on any atom is -0.319 e. The molecule has 3 rings (SSSR count). The van der Waals surface area contributed by atoms with Gasteiger partial charge in [0.1, 0.15) is 11.4 Å². The SMILES string of the molecule is CC(=O)N(C)c1nc(CN2C(=O)NC(C)(c3ccc(F)cc3Cl)C2=O)cs1. The highest BCUT2D eigenvalue weighted by Gasteiger charge is 2.50. The molecule has 1 unspecified atom stereocenters. The van der Waals surface area contributed by atoms with Crippen molar-refractivity contribution in [3.05, 3.63) is 45.7 Å². The van der Waals surface area contributed by atoms with E-state index in [0.717, 1.165) is 11.0 Å². The van der Waals surface area contributed by atoms with Crippen molar-refractivity contribution >= 4 is 45.9 Å². The van der Waals surface area contributed by atoms with Crippen LogP contribution >= 0.6 is 22.9 Å². The summed E-state index contributed by atoms with van der Waals surface area (Å²) in [6, 6.07) is 3.05. The number of hydrogen-bond acceptors (Lipinski definition) is 5. The predicted octanol–water partition coefficient (Wildman–Crippen LogP) is 2.89. The molecule has 2 heterocycles. The average molecular weight is 411 g/mol. The highest BCUT2D eigenvalue weighted by molar-refractivity contribution is 7.14. The summed E-state index contributed by atoms with van der Waals surface area (Å²) in [4.78, 5) is 43.4. The zero-order valence-corrected chi connectivity index (χ0v) is 16.3. The number of halogens is 2. The minimum absolute atomic E-state index is 0.0482. The van der Waals surface area contributed by atoms with Gasteiger partial charge in [0.25, 0.3) is 5.91 Å². The molecule has 27 heavy (non-hydrogen) atoms. The zero-order chi connectivity index (χ0) is 19.9. The van der Waals surface area contributed by atoms with Crippen molar-refractivity contribution in [1.29, 1.82) is 0 Å². The van der Waals surface area contributed by atoms with Crippen LogP contribution in [0.25, 0.3) is 0 Å². The number of rotatable bonds is 4. The molecule has 0 bridgehead atoms. The van der Waals surface area contributed by atoms with Crippen LogP contribution in [-0.4, -0.2) is 34.8 Å². The van der Waals surface area contributed by atoms with Gasteiger partial charge in [-0.3, -0.25) is 19.4 Å². The third-order valence-electron chi connectivity index (χ3n) is 4.36. The third kappa shape index (κ3) is 3.40. The van der Waals surface area contributed by atoms with Crippen LogP contribution in [0.5, 0.6) is 0 Å². The van der Waals surface area contributed by atoms with Crippen LogP contribution in [0.4, 0.5) is 14.3 Å². The molecule has 10 heteroatoms. The van der Waals surface area contributed by atoms with Crippen LogP contribution < -0.4 is 10.2 Å². The number of nitrogens with zero attached hydrogens (tertiary/aromatic N) is 3. The van der Waals surface area contributed by atoms with Gasteiger partial charge in [-0.25, -0.2) is 14.2 Å². The molecular weight excluding hydrogens is 395 g/mol. The largest absolute Gasteiger partial charge is 0.325 e. The first-order valence-corrected chi connectivity index (χ1v) is 9.17. The number of urea groups is 1. The lowest BCUT2D eigenvalue weighted by Crippen LogP contribution is -2.41. The van der Waals surface area contributed by atoms with E-state index < -0.39 is 23.3 Å². The summed E-state index contributed by atoms with van der Waals surface area (Å²) >= 11 is 7.31. The molecule has 2 aromatic rings. The van der Waals surface area contributed by atoms with Crippen molar-refractivity contribution in [3.63, 3.8) is 0 Å². The molecule has 1 saturated heterocycles. The fourth-order valence-corrected chi connectivity index (χ4v) is 3.92. The Hall–Kier alpha value is -2.52. The fraction of sp³-hybridized carbons (Fsp3) is 0.294. The predicted molar refractivity (Wildman–Crippen MR) is 99.0 cm³/mol. The average Bonchev–Trinajstić information content (AvgIpc) is 3.13. The van der Waals surface area contributed by atoms with Gasteiger partial charge in [0, 0.05) is 29.9 Å². The third-order valence-corrected chi connectivity index (χ3v) is 5.64. The maximum atomic E-state index is 13.3. The second-order valence-electron chi connectivity index (χ2n) is 6.27. The molecule has 0 saturated carbocycles. The molecule has 1 aromatic carbocycles. The van der Waals surface area contributed by atoms with Gasteiger partial charge in [0.2, 0.25) is 5.91 Å². The van der Waals surface area contributed by atoms with Crippen LogP contribution in [0.15, 0.2) is 23.6 Å². The molecule has 1 aliphatic rings. The van der Waals surface area contributed by atoms with Crippen molar-refractivity contribution in [2.24, 2.45) is 0 Å². The summed E-state index contributed by atoms with van der Waals surface area (Å²) in [5.41, 5.74) is -0.626. The quantitative estimate of drug-likeness (QED) is 0.785. The first kappa shape index (κ1) is 19.2. The van der Waals surface area contributed by atoms with E-state index in [0.29, 0.717) is 16.4 Å². The van der Waals surface area contributed by atoms with E-state index in [2.05, 4.69) is 10.3 Å². The van der Waals surface area contributed by atoms with Gasteiger partial charge in [0.15, 0.2) is 5.13 Å². The smallest absolute Gasteiger partial charge is 0.319 e. The molecule has 1 N–H and O–H groups in total. The molecule has 0 radical (unpaired) electrons. The van der Waals surface area contributed by atoms with E-state index in [1.165, 1.54) is 42.2 Å². The Balaban J connectivity index is 1.85. The molecule has 1 atom stereocenters. The van der Waals surface area contributed by atoms with E-state index in [1.54, 1.807) is 12.4 Å². The maximum Gasteiger partial charge on any atom is 0.325 e. The topological polar surface area (TPSA) is 82.6 Å². The number of imide groups is 1. The molecular formula is C17H16ClFN4O3S. The van der Waals surface area contributed by atoms with E-state index in [1.807, 2.05) is 0 Å². The van der Waals surface area contributed by atoms with Gasteiger partial charge in [-0.2, -0.15) is 0 Å². The van der Waals surface area contributed by atoms with Crippen molar-refractivity contribution in [3.8, 4) is 0 Å². The molecule has 4 amide bonds. The summed E-state index contributed by atoms with van der Waals surface area (Å²) in [7, 11) is 1.59. The molecule has 142 valence electrons. The van der Waals surface area contributed by atoms with E-state index >= 15 is 0 Å². The maximum absolute atomic E-state index is 13.3. The monoisotopic (exact) mass is 410 g/mol. The highest BCUT2D eigenvalue weighted by Crippen LogP contribution is 2.34. The van der Waals surface area contributed by atoms with Gasteiger partial charge < -0.3 is 5.32 Å². The Labute approximate surface area is 163 Å². The number of aromatic nitrogens is 1. The molecule has 7 nitrogen and oxygen atoms in total. The molecule has 0 aliphatic carbocycles. The van der Waals surface area contributed by atoms with Crippen molar-refractivity contribution in [1.82, 2.24) is 15.2 Å². The Morgan fingerprint density at radius 2 is 2.15 bits per heavy atom. The van der Waals surface area contributed by atoms with Crippen LogP contribution in [0, 0.1) is 5.82 Å². The highest BCUT2D eigenvalue weighted by atomic mass is 35.5. The standard InChI is InChI=1S/C17H16ClFN4O3S/c1-9(24)22(3)16-20-11(8-27-16)7-23-14(25)17(2,21-15(23)26)12-5-4-10(19)6-13(12)18/h4-6,8H,7H2,1-3H3,(H,21,26). The van der Waals surface area contributed by atoms with E-state index in [4.69, 9.17) is 11.6 Å². The lowest BCUT2D eigenvalue weighted by atomic mass is 9.92.